The third-order valence-electron chi connectivity index (χ3n) is 3.45. The zero-order valence-electron chi connectivity index (χ0n) is 15.0. The van der Waals surface area contributed by atoms with Gasteiger partial charge in [-0.1, -0.05) is 45.1 Å². The smallest absolute Gasteiger partial charge is 0.322 e. The summed E-state index contributed by atoms with van der Waals surface area (Å²) >= 11 is 0.524. The van der Waals surface area contributed by atoms with Crippen molar-refractivity contribution in [3.8, 4) is 0 Å². The molecule has 0 aliphatic heterocycles. The van der Waals surface area contributed by atoms with Crippen LogP contribution in [-0.2, 0) is 28.4 Å². The predicted octanol–water partition coefficient (Wildman–Crippen LogP) is 4.06. The highest BCUT2D eigenvalue weighted by molar-refractivity contribution is 7.95. The van der Waals surface area contributed by atoms with E-state index in [0.29, 0.717) is 18.5 Å². The fourth-order valence-electron chi connectivity index (χ4n) is 2.10. The lowest BCUT2D eigenvalue weighted by Crippen LogP contribution is -2.29. The van der Waals surface area contributed by atoms with Crippen LogP contribution >= 0.6 is 12.0 Å². The quantitative estimate of drug-likeness (QED) is 0.213. The maximum Gasteiger partial charge on any atom is 0.322 e. The molecule has 142 valence electrons. The molecule has 0 saturated heterocycles. The molecule has 3 unspecified atom stereocenters. The Morgan fingerprint density at radius 3 is 2.33 bits per heavy atom. The Labute approximate surface area is 148 Å². The molecule has 0 bridgehead atoms. The molecule has 0 spiro atoms. The summed E-state index contributed by atoms with van der Waals surface area (Å²) in [5.74, 6) is -1.10. The Morgan fingerprint density at radius 1 is 1.08 bits per heavy atom. The van der Waals surface area contributed by atoms with E-state index in [1.54, 1.807) is 6.92 Å². The van der Waals surface area contributed by atoms with E-state index in [-0.39, 0.29) is 18.6 Å². The van der Waals surface area contributed by atoms with Gasteiger partial charge in [-0.3, -0.25) is 9.59 Å². The predicted molar refractivity (Wildman–Crippen MR) is 91.0 cm³/mol. The molecule has 0 aromatic carbocycles. The lowest BCUT2D eigenvalue weighted by atomic mass is 10.1. The van der Waals surface area contributed by atoms with Gasteiger partial charge in [-0.05, 0) is 26.2 Å². The van der Waals surface area contributed by atoms with Gasteiger partial charge in [0.25, 0.3) is 0 Å². The Balaban J connectivity index is 4.57. The number of rotatable bonds is 14. The second kappa shape index (κ2) is 14.5. The summed E-state index contributed by atoms with van der Waals surface area (Å²) in [7, 11) is 0. The molecule has 0 aromatic heterocycles. The van der Waals surface area contributed by atoms with Crippen LogP contribution in [0, 0.1) is 0 Å². The fourth-order valence-corrected chi connectivity index (χ4v) is 2.57. The van der Waals surface area contributed by atoms with Crippen LogP contribution in [0.25, 0.3) is 0 Å². The van der Waals surface area contributed by atoms with Crippen LogP contribution in [0.2, 0.25) is 0 Å². The van der Waals surface area contributed by atoms with Crippen molar-refractivity contribution in [2.24, 2.45) is 0 Å². The highest BCUT2D eigenvalue weighted by Crippen LogP contribution is 2.21. The maximum absolute atomic E-state index is 12.2. The summed E-state index contributed by atoms with van der Waals surface area (Å²) in [4.78, 5) is 24.2. The molecular weight excluding hydrogens is 336 g/mol. The SMILES string of the molecule is CCCCC(C)OC(=O)C(CC(=O)OC(CC)CCC)SOOO. The van der Waals surface area contributed by atoms with E-state index in [1.165, 1.54) is 0 Å². The molecule has 0 aromatic rings. The number of unbranched alkanes of at least 4 members (excludes halogenated alkanes) is 1. The molecule has 0 heterocycles. The van der Waals surface area contributed by atoms with Gasteiger partial charge in [0.2, 0.25) is 0 Å². The Bertz CT molecular complexity index is 351. The standard InChI is InChI=1S/C16H30O7S/c1-5-8-10-12(4)20-16(18)14(24-23-22-19)11-15(17)21-13(7-3)9-6-2/h12-14,19H,5-11H2,1-4H3. The van der Waals surface area contributed by atoms with Gasteiger partial charge in [0.15, 0.2) is 0 Å². The third-order valence-corrected chi connectivity index (χ3v) is 4.18. The van der Waals surface area contributed by atoms with E-state index in [4.69, 9.17) is 14.7 Å². The van der Waals surface area contributed by atoms with Gasteiger partial charge >= 0.3 is 11.9 Å². The molecule has 24 heavy (non-hydrogen) atoms. The van der Waals surface area contributed by atoms with Gasteiger partial charge < -0.3 is 9.47 Å². The van der Waals surface area contributed by atoms with E-state index >= 15 is 0 Å². The Kier molecular flexibility index (Phi) is 14.0. The molecule has 0 rings (SSSR count). The molecule has 0 aliphatic carbocycles. The Morgan fingerprint density at radius 2 is 1.79 bits per heavy atom. The summed E-state index contributed by atoms with van der Waals surface area (Å²) in [6.07, 6.45) is 4.45. The minimum absolute atomic E-state index is 0.164. The number of ether oxygens (including phenoxy) is 2. The molecule has 0 radical (unpaired) electrons. The van der Waals surface area contributed by atoms with Crippen molar-refractivity contribution in [3.05, 3.63) is 0 Å². The second-order valence-corrected chi connectivity index (χ2v) is 6.53. The molecule has 0 aliphatic rings. The molecule has 3 atom stereocenters. The largest absolute Gasteiger partial charge is 0.462 e. The van der Waals surface area contributed by atoms with E-state index in [9.17, 15) is 9.59 Å². The van der Waals surface area contributed by atoms with Gasteiger partial charge in [-0.15, -0.1) is 4.33 Å². The monoisotopic (exact) mass is 366 g/mol. The van der Waals surface area contributed by atoms with Gasteiger partial charge in [0.05, 0.1) is 24.6 Å². The summed E-state index contributed by atoms with van der Waals surface area (Å²) in [5, 5.41) is 10.8. The number of hydrogen-bond acceptors (Lipinski definition) is 8. The summed E-state index contributed by atoms with van der Waals surface area (Å²) in [6, 6.07) is 0. The first-order valence-electron chi connectivity index (χ1n) is 8.51. The van der Waals surface area contributed by atoms with Crippen molar-refractivity contribution >= 4 is 24.0 Å². The number of hydrogen-bond donors (Lipinski definition) is 1. The van der Waals surface area contributed by atoms with Crippen molar-refractivity contribution in [3.63, 3.8) is 0 Å². The molecule has 8 heteroatoms. The van der Waals surface area contributed by atoms with Crippen LogP contribution in [0.5, 0.6) is 0 Å². The van der Waals surface area contributed by atoms with E-state index < -0.39 is 17.2 Å². The van der Waals surface area contributed by atoms with Crippen LogP contribution in [0.1, 0.15) is 72.6 Å². The van der Waals surface area contributed by atoms with Crippen LogP contribution in [0.3, 0.4) is 0 Å². The summed E-state index contributed by atoms with van der Waals surface area (Å²) in [6.45, 7) is 7.80. The highest BCUT2D eigenvalue weighted by atomic mass is 32.2. The first-order chi connectivity index (χ1) is 11.5. The van der Waals surface area contributed by atoms with Crippen LogP contribution < -0.4 is 0 Å². The molecule has 0 amide bonds. The van der Waals surface area contributed by atoms with Gasteiger partial charge in [-0.2, -0.15) is 0 Å². The average Bonchev–Trinajstić information content (AvgIpc) is 2.56. The lowest BCUT2D eigenvalue weighted by Gasteiger charge is -2.19. The van der Waals surface area contributed by atoms with Crippen molar-refractivity contribution in [2.45, 2.75) is 90.1 Å². The molecular formula is C16H30O7S. The van der Waals surface area contributed by atoms with Gasteiger partial charge in [0, 0.05) is 0 Å². The molecule has 7 nitrogen and oxygen atoms in total. The number of carbonyl (C=O) groups is 2. The number of carbonyl (C=O) groups excluding carboxylic acids is 2. The highest BCUT2D eigenvalue weighted by Gasteiger charge is 2.29. The van der Waals surface area contributed by atoms with E-state index in [0.717, 1.165) is 32.1 Å². The molecule has 1 N–H and O–H groups in total. The van der Waals surface area contributed by atoms with E-state index in [1.807, 2.05) is 13.8 Å². The third kappa shape index (κ3) is 10.9. The van der Waals surface area contributed by atoms with E-state index in [2.05, 4.69) is 16.3 Å². The Hall–Kier alpha value is -0.830. The van der Waals surface area contributed by atoms with Gasteiger partial charge in [-0.25, -0.2) is 5.26 Å². The first kappa shape index (κ1) is 23.2. The van der Waals surface area contributed by atoms with Crippen molar-refractivity contribution in [2.75, 3.05) is 0 Å². The second-order valence-electron chi connectivity index (χ2n) is 5.63. The van der Waals surface area contributed by atoms with Gasteiger partial charge in [0.1, 0.15) is 11.4 Å². The average molecular weight is 366 g/mol. The minimum atomic E-state index is -0.965. The van der Waals surface area contributed by atoms with Crippen molar-refractivity contribution < 1.29 is 33.7 Å². The zero-order valence-corrected chi connectivity index (χ0v) is 15.8. The normalized spacial score (nSPS) is 14.7. The summed E-state index contributed by atoms with van der Waals surface area (Å²) in [5.41, 5.74) is 0. The van der Waals surface area contributed by atoms with Crippen LogP contribution in [0.4, 0.5) is 0 Å². The minimum Gasteiger partial charge on any atom is -0.462 e. The maximum atomic E-state index is 12.2. The van der Waals surface area contributed by atoms with Crippen LogP contribution in [-0.4, -0.2) is 34.7 Å². The van der Waals surface area contributed by atoms with Crippen molar-refractivity contribution in [1.29, 1.82) is 0 Å². The molecule has 0 fully saturated rings. The lowest BCUT2D eigenvalue weighted by molar-refractivity contribution is -0.432. The zero-order chi connectivity index (χ0) is 18.4. The summed E-state index contributed by atoms with van der Waals surface area (Å²) < 4.78 is 15.0. The molecule has 0 saturated carbocycles. The van der Waals surface area contributed by atoms with Crippen LogP contribution in [0.15, 0.2) is 0 Å². The fraction of sp³-hybridized carbons (Fsp3) is 0.875. The number of esters is 2. The van der Waals surface area contributed by atoms with Crippen molar-refractivity contribution in [1.82, 2.24) is 0 Å². The topological polar surface area (TPSA) is 91.3 Å². The first-order valence-corrected chi connectivity index (χ1v) is 9.32.